The fourth-order valence-corrected chi connectivity index (χ4v) is 5.32. The molecule has 8 aromatic rings. The SMILES string of the molecule is c1cc(-c2ccc(-c3ccc4ccc5cccnc5c4n3)cc2)cc(-c2ccc3nc4ncccc4n3c2)c1. The van der Waals surface area contributed by atoms with Gasteiger partial charge in [0.05, 0.1) is 22.2 Å². The number of hydrogen-bond donors (Lipinski definition) is 0. The second-order valence-corrected chi connectivity index (χ2v) is 9.67. The van der Waals surface area contributed by atoms with Gasteiger partial charge in [0.2, 0.25) is 0 Å². The summed E-state index contributed by atoms with van der Waals surface area (Å²) >= 11 is 0. The van der Waals surface area contributed by atoms with Crippen molar-refractivity contribution in [3.05, 3.63) is 128 Å². The molecule has 5 heteroatoms. The number of rotatable bonds is 3. The van der Waals surface area contributed by atoms with Crippen LogP contribution in [0.2, 0.25) is 0 Å². The first-order chi connectivity index (χ1) is 19.3. The van der Waals surface area contributed by atoms with Crippen molar-refractivity contribution in [3.8, 4) is 33.5 Å². The van der Waals surface area contributed by atoms with E-state index < -0.39 is 0 Å². The van der Waals surface area contributed by atoms with Crippen molar-refractivity contribution in [3.63, 3.8) is 0 Å². The largest absolute Gasteiger partial charge is 0.297 e. The van der Waals surface area contributed by atoms with Gasteiger partial charge in [-0.15, -0.1) is 0 Å². The molecule has 3 aromatic carbocycles. The zero-order valence-corrected chi connectivity index (χ0v) is 20.9. The molecule has 5 aromatic heterocycles. The number of pyridine rings is 4. The molecule has 0 spiro atoms. The molecule has 5 heterocycles. The van der Waals surface area contributed by atoms with Crippen molar-refractivity contribution >= 4 is 38.6 Å². The molecule has 0 fully saturated rings. The van der Waals surface area contributed by atoms with Crippen LogP contribution in [0.3, 0.4) is 0 Å². The third-order valence-electron chi connectivity index (χ3n) is 7.32. The Labute approximate surface area is 224 Å². The van der Waals surface area contributed by atoms with Gasteiger partial charge in [-0.1, -0.05) is 66.7 Å². The van der Waals surface area contributed by atoms with Crippen LogP contribution in [-0.2, 0) is 0 Å². The zero-order chi connectivity index (χ0) is 25.8. The minimum Gasteiger partial charge on any atom is -0.297 e. The molecule has 0 unspecified atom stereocenters. The first-order valence-electron chi connectivity index (χ1n) is 12.9. The van der Waals surface area contributed by atoms with E-state index in [1.807, 2.05) is 30.5 Å². The minimum absolute atomic E-state index is 0.758. The van der Waals surface area contributed by atoms with Crippen molar-refractivity contribution in [2.24, 2.45) is 0 Å². The van der Waals surface area contributed by atoms with Crippen molar-refractivity contribution in [1.29, 1.82) is 0 Å². The van der Waals surface area contributed by atoms with Crippen LogP contribution in [-0.4, -0.2) is 24.3 Å². The summed E-state index contributed by atoms with van der Waals surface area (Å²) in [5.41, 5.74) is 11.2. The van der Waals surface area contributed by atoms with Gasteiger partial charge in [0.15, 0.2) is 5.65 Å². The fourth-order valence-electron chi connectivity index (χ4n) is 5.32. The summed E-state index contributed by atoms with van der Waals surface area (Å²) in [7, 11) is 0. The summed E-state index contributed by atoms with van der Waals surface area (Å²) < 4.78 is 2.11. The highest BCUT2D eigenvalue weighted by Gasteiger charge is 2.09. The predicted molar refractivity (Wildman–Crippen MR) is 157 cm³/mol. The molecular weight excluding hydrogens is 478 g/mol. The molecule has 0 saturated carbocycles. The van der Waals surface area contributed by atoms with Crippen LogP contribution >= 0.6 is 0 Å². The average Bonchev–Trinajstić information content (AvgIpc) is 3.39. The Balaban J connectivity index is 1.15. The monoisotopic (exact) mass is 499 g/mol. The number of aromatic nitrogens is 5. The summed E-state index contributed by atoms with van der Waals surface area (Å²) in [5.74, 6) is 0. The van der Waals surface area contributed by atoms with Crippen LogP contribution in [0.5, 0.6) is 0 Å². The summed E-state index contributed by atoms with van der Waals surface area (Å²) in [6, 6.07) is 37.9. The lowest BCUT2D eigenvalue weighted by atomic mass is 9.98. The molecule has 0 atom stereocenters. The zero-order valence-electron chi connectivity index (χ0n) is 20.9. The van der Waals surface area contributed by atoms with Gasteiger partial charge >= 0.3 is 0 Å². The first-order valence-corrected chi connectivity index (χ1v) is 12.9. The Bertz CT molecular complexity index is 2180. The molecule has 0 saturated heterocycles. The molecule has 0 aliphatic carbocycles. The highest BCUT2D eigenvalue weighted by atomic mass is 15.0. The lowest BCUT2D eigenvalue weighted by Gasteiger charge is -2.09. The first kappa shape index (κ1) is 21.6. The number of nitrogens with zero attached hydrogens (tertiary/aromatic N) is 5. The highest BCUT2D eigenvalue weighted by Crippen LogP contribution is 2.30. The quantitative estimate of drug-likeness (QED) is 0.231. The van der Waals surface area contributed by atoms with Crippen molar-refractivity contribution in [2.75, 3.05) is 0 Å². The maximum atomic E-state index is 5.00. The summed E-state index contributed by atoms with van der Waals surface area (Å²) in [5, 5.41) is 2.19. The van der Waals surface area contributed by atoms with Gasteiger partial charge in [-0.05, 0) is 64.7 Å². The molecule has 5 nitrogen and oxygen atoms in total. The van der Waals surface area contributed by atoms with E-state index in [9.17, 15) is 0 Å². The molecule has 182 valence electrons. The van der Waals surface area contributed by atoms with E-state index in [2.05, 4.69) is 110 Å². The van der Waals surface area contributed by atoms with Gasteiger partial charge in [-0.2, -0.15) is 0 Å². The Morgan fingerprint density at radius 2 is 1.21 bits per heavy atom. The fraction of sp³-hybridized carbons (Fsp3) is 0. The molecule has 0 N–H and O–H groups in total. The van der Waals surface area contributed by atoms with Gasteiger partial charge in [0, 0.05) is 34.9 Å². The summed E-state index contributed by atoms with van der Waals surface area (Å²) in [6.45, 7) is 0. The second kappa shape index (κ2) is 8.57. The van der Waals surface area contributed by atoms with E-state index in [0.717, 1.165) is 72.1 Å². The van der Waals surface area contributed by atoms with E-state index in [1.54, 1.807) is 6.20 Å². The predicted octanol–water partition coefficient (Wildman–Crippen LogP) is 7.98. The Morgan fingerprint density at radius 1 is 0.487 bits per heavy atom. The van der Waals surface area contributed by atoms with Crippen LogP contribution in [0, 0.1) is 0 Å². The molecule has 0 aliphatic rings. The molecule has 39 heavy (non-hydrogen) atoms. The molecule has 0 radical (unpaired) electrons. The van der Waals surface area contributed by atoms with Crippen LogP contribution in [0.1, 0.15) is 0 Å². The summed E-state index contributed by atoms with van der Waals surface area (Å²) in [4.78, 5) is 18.6. The molecule has 0 bridgehead atoms. The van der Waals surface area contributed by atoms with Crippen molar-refractivity contribution in [1.82, 2.24) is 24.3 Å². The Kier molecular flexibility index (Phi) is 4.76. The molecular formula is C34H21N5. The van der Waals surface area contributed by atoms with Crippen molar-refractivity contribution < 1.29 is 0 Å². The smallest absolute Gasteiger partial charge is 0.178 e. The number of benzene rings is 3. The number of fused-ring (bicyclic) bond motifs is 6. The van der Waals surface area contributed by atoms with Gasteiger partial charge < -0.3 is 0 Å². The van der Waals surface area contributed by atoms with E-state index in [4.69, 9.17) is 4.98 Å². The maximum Gasteiger partial charge on any atom is 0.178 e. The van der Waals surface area contributed by atoms with Crippen LogP contribution < -0.4 is 0 Å². The van der Waals surface area contributed by atoms with E-state index >= 15 is 0 Å². The van der Waals surface area contributed by atoms with E-state index in [1.165, 1.54) is 0 Å². The lowest BCUT2D eigenvalue weighted by Crippen LogP contribution is -1.89. The number of hydrogen-bond acceptors (Lipinski definition) is 4. The van der Waals surface area contributed by atoms with Crippen LogP contribution in [0.4, 0.5) is 0 Å². The van der Waals surface area contributed by atoms with Crippen LogP contribution in [0.25, 0.3) is 72.1 Å². The third kappa shape index (κ3) is 3.63. The van der Waals surface area contributed by atoms with Gasteiger partial charge in [-0.25, -0.2) is 15.0 Å². The summed E-state index contributed by atoms with van der Waals surface area (Å²) in [6.07, 6.45) is 5.74. The van der Waals surface area contributed by atoms with Gasteiger partial charge in [-0.3, -0.25) is 9.38 Å². The minimum atomic E-state index is 0.758. The standard InChI is InChI=1S/C34H21N5/c1-4-26(20-27(5-1)28-15-17-31-38-34-30(39(31)21-28)7-3-19-36-34)22-8-10-23(11-9-22)29-16-14-25-13-12-24-6-2-18-35-32(24)33(25)37-29/h1-21H. The van der Waals surface area contributed by atoms with Crippen LogP contribution in [0.15, 0.2) is 128 Å². The number of imidazole rings is 1. The van der Waals surface area contributed by atoms with Gasteiger partial charge in [0.1, 0.15) is 5.65 Å². The Hall–Kier alpha value is -5.42. The maximum absolute atomic E-state index is 5.00. The molecule has 0 amide bonds. The normalized spacial score (nSPS) is 11.6. The van der Waals surface area contributed by atoms with E-state index in [-0.39, 0.29) is 0 Å². The Morgan fingerprint density at radius 3 is 2.10 bits per heavy atom. The second-order valence-electron chi connectivity index (χ2n) is 9.67. The lowest BCUT2D eigenvalue weighted by molar-refractivity contribution is 1.23. The molecule has 8 rings (SSSR count). The van der Waals surface area contributed by atoms with Crippen molar-refractivity contribution in [2.45, 2.75) is 0 Å². The third-order valence-corrected chi connectivity index (χ3v) is 7.32. The highest BCUT2D eigenvalue weighted by molar-refractivity contribution is 6.03. The topological polar surface area (TPSA) is 56.0 Å². The average molecular weight is 500 g/mol. The molecule has 0 aliphatic heterocycles. The van der Waals surface area contributed by atoms with E-state index in [0.29, 0.717) is 0 Å². The van der Waals surface area contributed by atoms with Gasteiger partial charge in [0.25, 0.3) is 0 Å².